The number of methoxy groups -OCH3 is 1. The Kier molecular flexibility index (Phi) is 6.70. The van der Waals surface area contributed by atoms with Gasteiger partial charge in [0.05, 0.1) is 30.3 Å². The predicted molar refractivity (Wildman–Crippen MR) is 122 cm³/mol. The van der Waals surface area contributed by atoms with E-state index in [1.165, 1.54) is 17.4 Å². The molecule has 11 heteroatoms. The number of benzene rings is 2. The minimum absolute atomic E-state index is 0.0115. The van der Waals surface area contributed by atoms with Crippen molar-refractivity contribution >= 4 is 34.1 Å². The number of nitrogens with one attached hydrogen (secondary N) is 1. The normalized spacial score (nSPS) is 11.4. The first-order valence-electron chi connectivity index (χ1n) is 9.57. The van der Waals surface area contributed by atoms with Crippen molar-refractivity contribution in [2.24, 2.45) is 0 Å². The number of imidazole rings is 1. The second-order valence-electron chi connectivity index (χ2n) is 6.71. The maximum atomic E-state index is 13.3. The molecule has 2 heterocycles. The molecule has 0 atom stereocenters. The van der Waals surface area contributed by atoms with Gasteiger partial charge >= 0.3 is 6.18 Å². The van der Waals surface area contributed by atoms with E-state index in [1.54, 1.807) is 59.8 Å². The highest BCUT2D eigenvalue weighted by atomic mass is 32.2. The Morgan fingerprint density at radius 3 is 2.64 bits per heavy atom. The van der Waals surface area contributed by atoms with Crippen molar-refractivity contribution in [2.45, 2.75) is 11.3 Å². The minimum Gasteiger partial charge on any atom is -0.497 e. The van der Waals surface area contributed by atoms with Crippen molar-refractivity contribution in [3.8, 4) is 22.7 Å². The summed E-state index contributed by atoms with van der Waals surface area (Å²) in [4.78, 5) is 20.7. The summed E-state index contributed by atoms with van der Waals surface area (Å²) in [6.07, 6.45) is -1.34. The van der Waals surface area contributed by atoms with Gasteiger partial charge < -0.3 is 10.1 Å². The molecule has 2 aromatic carbocycles. The largest absolute Gasteiger partial charge is 0.497 e. The molecular weight excluding hydrogens is 473 g/mol. The van der Waals surface area contributed by atoms with Crippen molar-refractivity contribution in [1.82, 2.24) is 14.5 Å². The molecular formula is C22H17F3N4O2S2. The molecule has 2 aromatic heterocycles. The van der Waals surface area contributed by atoms with Crippen LogP contribution in [0, 0.1) is 0 Å². The summed E-state index contributed by atoms with van der Waals surface area (Å²) in [6, 6.07) is 12.1. The lowest BCUT2D eigenvalue weighted by Crippen LogP contribution is -2.14. The molecule has 0 aliphatic rings. The van der Waals surface area contributed by atoms with Crippen molar-refractivity contribution < 1.29 is 22.7 Å². The lowest BCUT2D eigenvalue weighted by Gasteiger charge is -2.14. The highest BCUT2D eigenvalue weighted by Gasteiger charge is 2.31. The van der Waals surface area contributed by atoms with E-state index in [2.05, 4.69) is 15.3 Å². The van der Waals surface area contributed by atoms with Crippen LogP contribution in [0.1, 0.15) is 5.56 Å². The van der Waals surface area contributed by atoms with E-state index in [4.69, 9.17) is 4.74 Å². The van der Waals surface area contributed by atoms with Crippen LogP contribution in [0.25, 0.3) is 16.9 Å². The van der Waals surface area contributed by atoms with E-state index >= 15 is 0 Å². The molecule has 0 spiro atoms. The first-order valence-corrected chi connectivity index (χ1v) is 11.4. The summed E-state index contributed by atoms with van der Waals surface area (Å²) in [5, 5.41) is 5.28. The number of aromatic nitrogens is 3. The molecule has 0 saturated carbocycles. The second-order valence-corrected chi connectivity index (χ2v) is 8.55. The first kappa shape index (κ1) is 22.9. The Morgan fingerprint density at radius 1 is 1.18 bits per heavy atom. The van der Waals surface area contributed by atoms with Crippen LogP contribution in [0.4, 0.5) is 18.3 Å². The number of alkyl halides is 3. The molecule has 170 valence electrons. The average Bonchev–Trinajstić information content (AvgIpc) is 3.47. The zero-order valence-electron chi connectivity index (χ0n) is 17.2. The van der Waals surface area contributed by atoms with Crippen LogP contribution in [0.15, 0.2) is 71.5 Å². The topological polar surface area (TPSA) is 69.0 Å². The lowest BCUT2D eigenvalue weighted by molar-refractivity contribution is -0.137. The summed E-state index contributed by atoms with van der Waals surface area (Å²) in [5.41, 5.74) is 0.836. The maximum Gasteiger partial charge on any atom is 0.416 e. The van der Waals surface area contributed by atoms with Crippen LogP contribution in [-0.4, -0.2) is 33.3 Å². The molecule has 0 aliphatic carbocycles. The van der Waals surface area contributed by atoms with Gasteiger partial charge in [-0.05, 0) is 42.5 Å². The van der Waals surface area contributed by atoms with Gasteiger partial charge in [-0.15, -0.1) is 11.3 Å². The average molecular weight is 491 g/mol. The molecule has 4 rings (SSSR count). The molecule has 1 N–H and O–H groups in total. The highest BCUT2D eigenvalue weighted by Crippen LogP contribution is 2.34. The molecule has 0 saturated heterocycles. The van der Waals surface area contributed by atoms with Crippen molar-refractivity contribution in [3.05, 3.63) is 71.9 Å². The third kappa shape index (κ3) is 5.37. The van der Waals surface area contributed by atoms with Crippen LogP contribution < -0.4 is 10.1 Å². The monoisotopic (exact) mass is 490 g/mol. The molecule has 4 aromatic rings. The van der Waals surface area contributed by atoms with Crippen molar-refractivity contribution in [2.75, 3.05) is 18.2 Å². The van der Waals surface area contributed by atoms with Crippen LogP contribution in [0.2, 0.25) is 0 Å². The van der Waals surface area contributed by atoms with Crippen LogP contribution >= 0.6 is 23.1 Å². The number of halogens is 3. The number of carbonyl (C=O) groups excluding carboxylic acids is 1. The summed E-state index contributed by atoms with van der Waals surface area (Å²) >= 11 is 2.41. The number of thioether (sulfide) groups is 1. The van der Waals surface area contributed by atoms with E-state index < -0.39 is 11.7 Å². The van der Waals surface area contributed by atoms with Crippen molar-refractivity contribution in [1.29, 1.82) is 0 Å². The molecule has 33 heavy (non-hydrogen) atoms. The first-order chi connectivity index (χ1) is 15.8. The van der Waals surface area contributed by atoms with Crippen LogP contribution in [-0.2, 0) is 11.0 Å². The summed E-state index contributed by atoms with van der Waals surface area (Å²) in [7, 11) is 1.55. The van der Waals surface area contributed by atoms with Gasteiger partial charge in [0.2, 0.25) is 5.91 Å². The molecule has 0 aliphatic heterocycles. The fourth-order valence-corrected chi connectivity index (χ4v) is 4.38. The Hall–Kier alpha value is -3.31. The number of anilines is 1. The van der Waals surface area contributed by atoms with E-state index in [1.807, 2.05) is 0 Å². The van der Waals surface area contributed by atoms with E-state index in [0.717, 1.165) is 29.5 Å². The van der Waals surface area contributed by atoms with Gasteiger partial charge in [-0.3, -0.25) is 9.36 Å². The SMILES string of the molecule is COc1ccc(-c2cnc(SCC(=O)Nc3nccs3)n2-c2cccc(C(F)(F)F)c2)cc1. The summed E-state index contributed by atoms with van der Waals surface area (Å²) < 4.78 is 46.8. The lowest BCUT2D eigenvalue weighted by atomic mass is 10.1. The highest BCUT2D eigenvalue weighted by molar-refractivity contribution is 7.99. The Morgan fingerprint density at radius 2 is 1.97 bits per heavy atom. The van der Waals surface area contributed by atoms with Gasteiger partial charge in [-0.2, -0.15) is 13.2 Å². The number of hydrogen-bond donors (Lipinski definition) is 1. The second kappa shape index (κ2) is 9.67. The Bertz CT molecular complexity index is 1240. The smallest absolute Gasteiger partial charge is 0.416 e. The van der Waals surface area contributed by atoms with Crippen LogP contribution in [0.5, 0.6) is 5.75 Å². The fourth-order valence-electron chi connectivity index (χ4n) is 3.04. The van der Waals surface area contributed by atoms with Gasteiger partial charge in [0.1, 0.15) is 5.75 Å². The van der Waals surface area contributed by atoms with Gasteiger partial charge in [0.15, 0.2) is 10.3 Å². The summed E-state index contributed by atoms with van der Waals surface area (Å²) in [6.45, 7) is 0. The zero-order valence-corrected chi connectivity index (χ0v) is 18.8. The number of thiazole rings is 1. The maximum absolute atomic E-state index is 13.3. The molecule has 0 bridgehead atoms. The van der Waals surface area contributed by atoms with E-state index in [9.17, 15) is 18.0 Å². The van der Waals surface area contributed by atoms with Gasteiger partial charge in [0, 0.05) is 22.8 Å². The number of ether oxygens (including phenoxy) is 1. The van der Waals surface area contributed by atoms with Gasteiger partial charge in [-0.25, -0.2) is 9.97 Å². The number of rotatable bonds is 7. The Labute approximate surface area is 195 Å². The zero-order chi connectivity index (χ0) is 23.4. The minimum atomic E-state index is -4.49. The molecule has 0 fully saturated rings. The van der Waals surface area contributed by atoms with Crippen molar-refractivity contribution in [3.63, 3.8) is 0 Å². The predicted octanol–water partition coefficient (Wildman–Crippen LogP) is 5.75. The standard InChI is InChI=1S/C22H17F3N4O2S2/c1-31-17-7-5-14(6-8-17)18-12-27-21(33-13-19(30)28-20-26-9-10-32-20)29(18)16-4-2-3-15(11-16)22(23,24)25/h2-12H,13H2,1H3,(H,26,28,30). The third-order valence-corrected chi connectivity index (χ3v) is 6.20. The Balaban J connectivity index is 1.69. The summed E-state index contributed by atoms with van der Waals surface area (Å²) in [5.74, 6) is 0.370. The number of carbonyl (C=O) groups is 1. The number of hydrogen-bond acceptors (Lipinski definition) is 6. The van der Waals surface area contributed by atoms with Crippen LogP contribution in [0.3, 0.4) is 0 Å². The van der Waals surface area contributed by atoms with Gasteiger partial charge in [-0.1, -0.05) is 17.8 Å². The third-order valence-electron chi connectivity index (χ3n) is 4.56. The molecule has 0 radical (unpaired) electrons. The van der Waals surface area contributed by atoms with E-state index in [-0.39, 0.29) is 17.3 Å². The number of amides is 1. The fraction of sp³-hybridized carbons (Fsp3) is 0.136. The quantitative estimate of drug-likeness (QED) is 0.334. The van der Waals surface area contributed by atoms with E-state index in [0.29, 0.717) is 21.7 Å². The molecule has 6 nitrogen and oxygen atoms in total. The van der Waals surface area contributed by atoms with Gasteiger partial charge in [0.25, 0.3) is 0 Å². The number of nitrogens with zero attached hydrogens (tertiary/aromatic N) is 3. The molecule has 1 amide bonds. The molecule has 0 unspecified atom stereocenters.